The standard InChI is InChI=1S/C13H15N/c1-14(2,3)13-10-6-8-11-7-4-5-9-12(11)13/h4-7,9-10H,1-3H3/q+1. The van der Waals surface area contributed by atoms with Crippen LogP contribution in [0.15, 0.2) is 36.4 Å². The largest absolute Gasteiger partial charge is 0.298 e. The maximum atomic E-state index is 3.25. The zero-order chi connectivity index (χ0) is 10.2. The topological polar surface area (TPSA) is 0 Å². The highest BCUT2D eigenvalue weighted by Crippen LogP contribution is 2.27. The third-order valence-corrected chi connectivity index (χ3v) is 2.41. The van der Waals surface area contributed by atoms with Crippen LogP contribution >= 0.6 is 0 Å². The maximum Gasteiger partial charge on any atom is 0.140 e. The molecule has 0 aliphatic heterocycles. The summed E-state index contributed by atoms with van der Waals surface area (Å²) in [6, 6.07) is 15.8. The van der Waals surface area contributed by atoms with E-state index in [-0.39, 0.29) is 0 Å². The summed E-state index contributed by atoms with van der Waals surface area (Å²) in [5.41, 5.74) is 1.33. The molecule has 0 atom stereocenters. The van der Waals surface area contributed by atoms with Crippen molar-refractivity contribution in [3.8, 4) is 0 Å². The second kappa shape index (κ2) is 3.10. The molecule has 0 unspecified atom stereocenters. The Labute approximate surface area is 85.2 Å². The van der Waals surface area contributed by atoms with E-state index in [0.29, 0.717) is 0 Å². The van der Waals surface area contributed by atoms with Crippen LogP contribution in [0.2, 0.25) is 0 Å². The molecule has 0 N–H and O–H groups in total. The van der Waals surface area contributed by atoms with Crippen molar-refractivity contribution < 1.29 is 0 Å². The monoisotopic (exact) mass is 185 g/mol. The number of rotatable bonds is 1. The van der Waals surface area contributed by atoms with Crippen molar-refractivity contribution in [3.63, 3.8) is 0 Å². The highest BCUT2D eigenvalue weighted by molar-refractivity contribution is 5.92. The molecule has 71 valence electrons. The van der Waals surface area contributed by atoms with Gasteiger partial charge < -0.3 is 0 Å². The highest BCUT2D eigenvalue weighted by atomic mass is 15.3. The Hall–Kier alpha value is -1.34. The molecule has 0 aliphatic rings. The summed E-state index contributed by atoms with van der Waals surface area (Å²) in [5.74, 6) is 0. The van der Waals surface area contributed by atoms with Crippen LogP contribution in [0.5, 0.6) is 0 Å². The fourth-order valence-electron chi connectivity index (χ4n) is 1.72. The number of fused-ring (bicyclic) bond motifs is 1. The van der Waals surface area contributed by atoms with E-state index in [2.05, 4.69) is 57.5 Å². The van der Waals surface area contributed by atoms with E-state index in [1.54, 1.807) is 0 Å². The molecule has 0 fully saturated rings. The summed E-state index contributed by atoms with van der Waals surface area (Å²) in [7, 11) is 6.55. The van der Waals surface area contributed by atoms with Gasteiger partial charge in [-0.05, 0) is 23.6 Å². The van der Waals surface area contributed by atoms with Crippen molar-refractivity contribution in [2.24, 2.45) is 0 Å². The van der Waals surface area contributed by atoms with E-state index in [1.807, 2.05) is 6.07 Å². The average Bonchev–Trinajstić information content (AvgIpc) is 2.15. The van der Waals surface area contributed by atoms with Crippen molar-refractivity contribution in [1.82, 2.24) is 4.48 Å². The number of hydrogen-bond donors (Lipinski definition) is 0. The predicted molar refractivity (Wildman–Crippen MR) is 62.4 cm³/mol. The van der Waals surface area contributed by atoms with Gasteiger partial charge in [-0.2, -0.15) is 0 Å². The van der Waals surface area contributed by atoms with Crippen LogP contribution in [0.25, 0.3) is 10.8 Å². The average molecular weight is 185 g/mol. The molecule has 2 aromatic carbocycles. The van der Waals surface area contributed by atoms with Crippen LogP contribution < -0.4 is 4.48 Å². The van der Waals surface area contributed by atoms with Crippen molar-refractivity contribution in [2.45, 2.75) is 0 Å². The normalized spacial score (nSPS) is 11.9. The molecule has 14 heavy (non-hydrogen) atoms. The van der Waals surface area contributed by atoms with Crippen molar-refractivity contribution in [3.05, 3.63) is 42.5 Å². The lowest BCUT2D eigenvalue weighted by Crippen LogP contribution is -2.34. The molecule has 0 aromatic heterocycles. The van der Waals surface area contributed by atoms with Crippen LogP contribution in [-0.4, -0.2) is 21.1 Å². The van der Waals surface area contributed by atoms with Gasteiger partial charge in [-0.3, -0.25) is 4.48 Å². The first-order chi connectivity index (χ1) is 6.59. The first-order valence-electron chi connectivity index (χ1n) is 4.80. The minimum atomic E-state index is 0.842. The molecule has 0 heterocycles. The maximum absolute atomic E-state index is 3.25. The molecule has 0 spiro atoms. The van der Waals surface area contributed by atoms with E-state index in [4.69, 9.17) is 0 Å². The molecular weight excluding hydrogens is 170 g/mol. The number of benzene rings is 2. The van der Waals surface area contributed by atoms with E-state index in [9.17, 15) is 0 Å². The van der Waals surface area contributed by atoms with Gasteiger partial charge in [0.05, 0.1) is 21.1 Å². The summed E-state index contributed by atoms with van der Waals surface area (Å²) in [6.45, 7) is 0. The summed E-state index contributed by atoms with van der Waals surface area (Å²) in [6.07, 6.45) is 0. The molecule has 0 saturated carbocycles. The smallest absolute Gasteiger partial charge is 0.140 e. The van der Waals surface area contributed by atoms with Gasteiger partial charge in [0.15, 0.2) is 0 Å². The summed E-state index contributed by atoms with van der Waals surface area (Å²) in [5, 5.41) is 2.49. The van der Waals surface area contributed by atoms with Gasteiger partial charge in [0.2, 0.25) is 0 Å². The predicted octanol–water partition coefficient (Wildman–Crippen LogP) is 2.84. The summed E-state index contributed by atoms with van der Waals surface area (Å²) in [4.78, 5) is 0. The Morgan fingerprint density at radius 2 is 1.71 bits per heavy atom. The minimum absolute atomic E-state index is 0.842. The van der Waals surface area contributed by atoms with Crippen molar-refractivity contribution >= 4 is 16.5 Å². The lowest BCUT2D eigenvalue weighted by molar-refractivity contribution is 0.490. The molecule has 1 radical (unpaired) electrons. The fourth-order valence-corrected chi connectivity index (χ4v) is 1.72. The van der Waals surface area contributed by atoms with E-state index in [0.717, 1.165) is 4.48 Å². The molecule has 2 aromatic rings. The van der Waals surface area contributed by atoms with E-state index < -0.39 is 0 Å². The quantitative estimate of drug-likeness (QED) is 0.599. The van der Waals surface area contributed by atoms with Crippen molar-refractivity contribution in [1.29, 1.82) is 0 Å². The second-order valence-electron chi connectivity index (χ2n) is 4.42. The fraction of sp³-hybridized carbons (Fsp3) is 0.231. The number of nitrogens with zero attached hydrogens (tertiary/aromatic N) is 1. The second-order valence-corrected chi connectivity index (χ2v) is 4.42. The molecule has 0 aliphatic carbocycles. The Morgan fingerprint density at radius 1 is 1.00 bits per heavy atom. The molecule has 1 nitrogen and oxygen atoms in total. The van der Waals surface area contributed by atoms with E-state index >= 15 is 0 Å². The number of quaternary nitrogens is 1. The zero-order valence-corrected chi connectivity index (χ0v) is 8.91. The van der Waals surface area contributed by atoms with Crippen LogP contribution in [-0.2, 0) is 0 Å². The first-order valence-corrected chi connectivity index (χ1v) is 4.80. The van der Waals surface area contributed by atoms with Gasteiger partial charge in [0.1, 0.15) is 5.69 Å². The molecule has 0 bridgehead atoms. The summed E-state index contributed by atoms with van der Waals surface area (Å²) >= 11 is 0. The number of hydrogen-bond acceptors (Lipinski definition) is 0. The zero-order valence-electron chi connectivity index (χ0n) is 8.91. The minimum Gasteiger partial charge on any atom is -0.298 e. The molecule has 1 heteroatoms. The lowest BCUT2D eigenvalue weighted by Gasteiger charge is -2.24. The van der Waals surface area contributed by atoms with Crippen LogP contribution in [0.1, 0.15) is 0 Å². The third kappa shape index (κ3) is 1.51. The van der Waals surface area contributed by atoms with Gasteiger partial charge in [-0.1, -0.05) is 18.2 Å². The van der Waals surface area contributed by atoms with E-state index in [1.165, 1.54) is 16.5 Å². The Kier molecular flexibility index (Phi) is 2.05. The molecular formula is C13H15N+. The van der Waals surface area contributed by atoms with Gasteiger partial charge in [-0.25, -0.2) is 0 Å². The Morgan fingerprint density at radius 3 is 2.43 bits per heavy atom. The lowest BCUT2D eigenvalue weighted by atomic mass is 10.1. The Bertz CT molecular complexity index is 447. The van der Waals surface area contributed by atoms with Gasteiger partial charge in [-0.15, -0.1) is 0 Å². The SMILES string of the molecule is C[N+](C)(C)c1cc[c]c2ccccc12. The molecule has 2 rings (SSSR count). The van der Waals surface area contributed by atoms with Crippen molar-refractivity contribution in [2.75, 3.05) is 21.1 Å². The van der Waals surface area contributed by atoms with Crippen LogP contribution in [0, 0.1) is 6.07 Å². The first kappa shape index (κ1) is 9.22. The van der Waals surface area contributed by atoms with Crippen LogP contribution in [0.3, 0.4) is 0 Å². The Balaban J connectivity index is 2.78. The highest BCUT2D eigenvalue weighted by Gasteiger charge is 2.14. The van der Waals surface area contributed by atoms with Gasteiger partial charge in [0.25, 0.3) is 0 Å². The van der Waals surface area contributed by atoms with Gasteiger partial charge in [0, 0.05) is 11.5 Å². The summed E-state index contributed by atoms with van der Waals surface area (Å²) < 4.78 is 0.842. The van der Waals surface area contributed by atoms with Gasteiger partial charge >= 0.3 is 0 Å². The van der Waals surface area contributed by atoms with Crippen LogP contribution in [0.4, 0.5) is 5.69 Å². The molecule has 0 amide bonds. The third-order valence-electron chi connectivity index (χ3n) is 2.41. The molecule has 0 saturated heterocycles.